The number of nitrogens with one attached hydrogen (secondary N) is 1. The molecule has 4 rings (SSSR count). The molecule has 1 aromatic heterocycles. The quantitative estimate of drug-likeness (QED) is 0.308. The summed E-state index contributed by atoms with van der Waals surface area (Å²) in [7, 11) is 0. The van der Waals surface area contributed by atoms with E-state index in [1.54, 1.807) is 35.0 Å². The lowest BCUT2D eigenvalue weighted by Gasteiger charge is -2.06. The van der Waals surface area contributed by atoms with E-state index in [1.165, 1.54) is 0 Å². The van der Waals surface area contributed by atoms with E-state index in [0.717, 1.165) is 11.3 Å². The number of carbonyl (C=O) groups excluding carboxylic acids is 1. The van der Waals surface area contributed by atoms with Gasteiger partial charge in [-0.2, -0.15) is 10.4 Å². The molecule has 0 aliphatic rings. The van der Waals surface area contributed by atoms with Gasteiger partial charge in [-0.25, -0.2) is 4.68 Å². The molecule has 1 amide bonds. The zero-order valence-electron chi connectivity index (χ0n) is 18.1. The zero-order chi connectivity index (χ0) is 23.0. The molecule has 1 heterocycles. The maximum absolute atomic E-state index is 12.8. The molecular weight excluding hydrogens is 412 g/mol. The van der Waals surface area contributed by atoms with E-state index in [0.29, 0.717) is 29.3 Å². The average molecular weight is 434 g/mol. The molecule has 0 saturated heterocycles. The van der Waals surface area contributed by atoms with Gasteiger partial charge in [0.05, 0.1) is 18.0 Å². The van der Waals surface area contributed by atoms with Gasteiger partial charge in [-0.05, 0) is 49.4 Å². The van der Waals surface area contributed by atoms with E-state index in [1.807, 2.05) is 79.9 Å². The number of anilines is 1. The minimum Gasteiger partial charge on any atom is -0.494 e. The number of para-hydroxylation sites is 1. The molecule has 0 bridgehead atoms. The van der Waals surface area contributed by atoms with Crippen LogP contribution in [0.25, 0.3) is 23.0 Å². The number of hydrogen-bond donors (Lipinski definition) is 1. The maximum atomic E-state index is 12.8. The second-order valence-corrected chi connectivity index (χ2v) is 7.16. The summed E-state index contributed by atoms with van der Waals surface area (Å²) in [5.41, 5.74) is 3.68. The van der Waals surface area contributed by atoms with Crippen LogP contribution in [0.5, 0.6) is 5.75 Å². The van der Waals surface area contributed by atoms with Crippen LogP contribution < -0.4 is 10.1 Å². The lowest BCUT2D eigenvalue weighted by atomic mass is 10.1. The van der Waals surface area contributed by atoms with Crippen molar-refractivity contribution in [3.63, 3.8) is 0 Å². The van der Waals surface area contributed by atoms with Gasteiger partial charge >= 0.3 is 0 Å². The molecule has 0 aliphatic heterocycles. The lowest BCUT2D eigenvalue weighted by Crippen LogP contribution is -2.13. The second-order valence-electron chi connectivity index (χ2n) is 7.16. The molecule has 0 unspecified atom stereocenters. The number of benzene rings is 3. The number of nitriles is 1. The van der Waals surface area contributed by atoms with Crippen molar-refractivity contribution in [1.29, 1.82) is 5.26 Å². The van der Waals surface area contributed by atoms with Crippen LogP contribution in [0.1, 0.15) is 12.5 Å². The highest BCUT2D eigenvalue weighted by Gasteiger charge is 2.15. The highest BCUT2D eigenvalue weighted by Crippen LogP contribution is 2.26. The molecule has 33 heavy (non-hydrogen) atoms. The second kappa shape index (κ2) is 10.1. The molecule has 0 saturated carbocycles. The SMILES string of the molecule is CCOc1ccc(NC(=O)C(C#N)=Cc2cn(-c3ccccc3)nc2-c2ccccc2)cc1. The van der Waals surface area contributed by atoms with Crippen molar-refractivity contribution in [3.05, 3.63) is 102 Å². The van der Waals surface area contributed by atoms with Gasteiger partial charge in [0.25, 0.3) is 5.91 Å². The Morgan fingerprint density at radius 3 is 2.33 bits per heavy atom. The van der Waals surface area contributed by atoms with Crippen LogP contribution in [0.15, 0.2) is 96.7 Å². The Balaban J connectivity index is 1.67. The van der Waals surface area contributed by atoms with Crippen LogP contribution in [0.3, 0.4) is 0 Å². The lowest BCUT2D eigenvalue weighted by molar-refractivity contribution is -0.112. The van der Waals surface area contributed by atoms with Crippen LogP contribution in [0, 0.1) is 11.3 Å². The Morgan fingerprint density at radius 1 is 1.03 bits per heavy atom. The summed E-state index contributed by atoms with van der Waals surface area (Å²) in [4.78, 5) is 12.8. The first-order valence-corrected chi connectivity index (χ1v) is 10.5. The van der Waals surface area contributed by atoms with E-state index in [4.69, 9.17) is 9.84 Å². The van der Waals surface area contributed by atoms with Crippen molar-refractivity contribution >= 4 is 17.7 Å². The zero-order valence-corrected chi connectivity index (χ0v) is 18.1. The average Bonchev–Trinajstić information content (AvgIpc) is 3.29. The summed E-state index contributed by atoms with van der Waals surface area (Å²) >= 11 is 0. The van der Waals surface area contributed by atoms with Gasteiger partial charge in [0.15, 0.2) is 0 Å². The molecule has 0 aliphatic carbocycles. The van der Waals surface area contributed by atoms with Crippen LogP contribution in [-0.4, -0.2) is 22.3 Å². The first-order valence-electron chi connectivity index (χ1n) is 10.5. The molecule has 0 fully saturated rings. The fourth-order valence-electron chi connectivity index (χ4n) is 3.33. The largest absolute Gasteiger partial charge is 0.494 e. The van der Waals surface area contributed by atoms with Gasteiger partial charge in [-0.15, -0.1) is 0 Å². The molecule has 1 N–H and O–H groups in total. The van der Waals surface area contributed by atoms with Gasteiger partial charge < -0.3 is 10.1 Å². The summed E-state index contributed by atoms with van der Waals surface area (Å²) in [5, 5.41) is 17.2. The Morgan fingerprint density at radius 2 is 1.70 bits per heavy atom. The van der Waals surface area contributed by atoms with Crippen LogP contribution >= 0.6 is 0 Å². The van der Waals surface area contributed by atoms with Gasteiger partial charge in [-0.3, -0.25) is 4.79 Å². The minimum absolute atomic E-state index is 0.0197. The summed E-state index contributed by atoms with van der Waals surface area (Å²) in [6.45, 7) is 2.47. The van der Waals surface area contributed by atoms with Crippen molar-refractivity contribution < 1.29 is 9.53 Å². The van der Waals surface area contributed by atoms with Crippen LogP contribution in [0.2, 0.25) is 0 Å². The van der Waals surface area contributed by atoms with Crippen LogP contribution in [0.4, 0.5) is 5.69 Å². The first-order chi connectivity index (χ1) is 16.2. The van der Waals surface area contributed by atoms with E-state index in [2.05, 4.69) is 5.32 Å². The smallest absolute Gasteiger partial charge is 0.266 e. The van der Waals surface area contributed by atoms with Gasteiger partial charge in [0.2, 0.25) is 0 Å². The number of carbonyl (C=O) groups is 1. The van der Waals surface area contributed by atoms with E-state index in [-0.39, 0.29) is 5.57 Å². The van der Waals surface area contributed by atoms with Crippen molar-refractivity contribution in [3.8, 4) is 28.8 Å². The molecular formula is C27H22N4O2. The maximum Gasteiger partial charge on any atom is 0.266 e. The standard InChI is InChI=1S/C27H22N4O2/c1-2-33-25-15-13-23(14-16-25)29-27(32)21(18-28)17-22-19-31(24-11-7-4-8-12-24)30-26(22)20-9-5-3-6-10-20/h3-17,19H,2H2,1H3,(H,29,32). The topological polar surface area (TPSA) is 79.9 Å². The van der Waals surface area contributed by atoms with Crippen molar-refractivity contribution in [2.24, 2.45) is 0 Å². The number of nitrogens with zero attached hydrogens (tertiary/aromatic N) is 3. The fraction of sp³-hybridized carbons (Fsp3) is 0.0741. The van der Waals surface area contributed by atoms with E-state index >= 15 is 0 Å². The van der Waals surface area contributed by atoms with Crippen molar-refractivity contribution in [2.45, 2.75) is 6.92 Å². The molecule has 6 nitrogen and oxygen atoms in total. The summed E-state index contributed by atoms with van der Waals surface area (Å²) in [5.74, 6) is 0.223. The Hall–Kier alpha value is -4.63. The highest BCUT2D eigenvalue weighted by molar-refractivity contribution is 6.10. The van der Waals surface area contributed by atoms with Crippen LogP contribution in [-0.2, 0) is 4.79 Å². The number of hydrogen-bond acceptors (Lipinski definition) is 4. The number of rotatable bonds is 7. The van der Waals surface area contributed by atoms with Gasteiger partial charge in [0, 0.05) is 23.0 Å². The Kier molecular flexibility index (Phi) is 6.62. The predicted molar refractivity (Wildman–Crippen MR) is 129 cm³/mol. The molecule has 0 atom stereocenters. The van der Waals surface area contributed by atoms with Crippen molar-refractivity contribution in [2.75, 3.05) is 11.9 Å². The number of aromatic nitrogens is 2. The van der Waals surface area contributed by atoms with Gasteiger partial charge in [0.1, 0.15) is 17.4 Å². The monoisotopic (exact) mass is 434 g/mol. The molecule has 0 spiro atoms. The fourth-order valence-corrected chi connectivity index (χ4v) is 3.33. The molecule has 4 aromatic rings. The summed E-state index contributed by atoms with van der Waals surface area (Å²) < 4.78 is 7.17. The summed E-state index contributed by atoms with van der Waals surface area (Å²) in [6.07, 6.45) is 3.39. The van der Waals surface area contributed by atoms with Crippen molar-refractivity contribution in [1.82, 2.24) is 9.78 Å². The molecule has 162 valence electrons. The minimum atomic E-state index is -0.492. The third kappa shape index (κ3) is 5.17. The molecule has 6 heteroatoms. The molecule has 0 radical (unpaired) electrons. The Labute approximate surface area is 192 Å². The number of amides is 1. The highest BCUT2D eigenvalue weighted by atomic mass is 16.5. The van der Waals surface area contributed by atoms with E-state index in [9.17, 15) is 10.1 Å². The van der Waals surface area contributed by atoms with Gasteiger partial charge in [-0.1, -0.05) is 48.5 Å². The predicted octanol–water partition coefficient (Wildman–Crippen LogP) is 5.48. The summed E-state index contributed by atoms with van der Waals surface area (Å²) in [6, 6.07) is 28.4. The number of ether oxygens (including phenoxy) is 1. The third-order valence-electron chi connectivity index (χ3n) is 4.90. The first kappa shape index (κ1) is 21.6. The van der Waals surface area contributed by atoms with E-state index < -0.39 is 5.91 Å². The Bertz CT molecular complexity index is 1300. The third-order valence-corrected chi connectivity index (χ3v) is 4.90. The molecule has 3 aromatic carbocycles. The normalized spacial score (nSPS) is 11.0.